The Kier molecular flexibility index (Phi) is 6.99. The molecule has 0 atom stereocenters. The number of ether oxygens (including phenoxy) is 1. The molecule has 0 unspecified atom stereocenters. The number of thiophene rings is 1. The van der Waals surface area contributed by atoms with Gasteiger partial charge in [-0.25, -0.2) is 0 Å². The summed E-state index contributed by atoms with van der Waals surface area (Å²) >= 11 is 1.48. The fraction of sp³-hybridized carbons (Fsp3) is 0.333. The van der Waals surface area contributed by atoms with Gasteiger partial charge < -0.3 is 9.64 Å². The third-order valence-electron chi connectivity index (χ3n) is 3.90. The first kappa shape index (κ1) is 18.7. The summed E-state index contributed by atoms with van der Waals surface area (Å²) in [5.74, 6) is 1.94. The maximum Gasteiger partial charge on any atom is 0.192 e. The number of nitrogens with zero attached hydrogens (tertiary/aromatic N) is 2. The summed E-state index contributed by atoms with van der Waals surface area (Å²) in [6.45, 7) is 1.17. The van der Waals surface area contributed by atoms with Crippen molar-refractivity contribution in [1.82, 2.24) is 0 Å². The van der Waals surface area contributed by atoms with Crippen LogP contribution in [0.3, 0.4) is 0 Å². The zero-order valence-electron chi connectivity index (χ0n) is 13.6. The fourth-order valence-corrected chi connectivity index (χ4v) is 3.31. The summed E-state index contributed by atoms with van der Waals surface area (Å²) in [5.41, 5.74) is 0.983. The second-order valence-electron chi connectivity index (χ2n) is 5.44. The molecule has 0 amide bonds. The molecule has 0 spiro atoms. The molecule has 128 valence electrons. The van der Waals surface area contributed by atoms with Crippen LogP contribution in [-0.4, -0.2) is 31.8 Å². The molecule has 0 N–H and O–H groups in total. The summed E-state index contributed by atoms with van der Waals surface area (Å²) in [6, 6.07) is 11.6. The van der Waals surface area contributed by atoms with E-state index in [0.29, 0.717) is 6.54 Å². The third kappa shape index (κ3) is 4.45. The van der Waals surface area contributed by atoms with Gasteiger partial charge in [0.15, 0.2) is 5.78 Å². The molecule has 0 saturated carbocycles. The van der Waals surface area contributed by atoms with Gasteiger partial charge in [0.1, 0.15) is 11.6 Å². The molecule has 3 rings (SSSR count). The van der Waals surface area contributed by atoms with Crippen molar-refractivity contribution in [2.24, 2.45) is 4.99 Å². The normalized spacial score (nSPS) is 13.6. The van der Waals surface area contributed by atoms with Crippen molar-refractivity contribution in [3.63, 3.8) is 0 Å². The van der Waals surface area contributed by atoms with Crippen molar-refractivity contribution in [2.45, 2.75) is 19.3 Å². The van der Waals surface area contributed by atoms with Gasteiger partial charge in [-0.15, -0.1) is 28.3 Å². The number of aliphatic imine (C=N–C) groups is 1. The summed E-state index contributed by atoms with van der Waals surface area (Å²) in [4.78, 5) is 20.0. The van der Waals surface area contributed by atoms with Crippen LogP contribution in [0.25, 0.3) is 0 Å². The minimum absolute atomic E-state index is 0. The summed E-state index contributed by atoms with van der Waals surface area (Å²) < 4.78 is 5.22. The lowest BCUT2D eigenvalue weighted by Gasteiger charge is -2.27. The number of hydrogen-bond donors (Lipinski definition) is 0. The molecule has 0 bridgehead atoms. The quantitative estimate of drug-likeness (QED) is 0.678. The number of amidine groups is 1. The van der Waals surface area contributed by atoms with Crippen LogP contribution in [0, 0.1) is 0 Å². The molecular formula is C18H21BrN2O2S. The van der Waals surface area contributed by atoms with Crippen molar-refractivity contribution in [1.29, 1.82) is 0 Å². The number of methoxy groups -OCH3 is 1. The lowest BCUT2D eigenvalue weighted by atomic mass is 10.1. The van der Waals surface area contributed by atoms with Crippen LogP contribution in [0.2, 0.25) is 0 Å². The van der Waals surface area contributed by atoms with E-state index in [9.17, 15) is 4.79 Å². The van der Waals surface area contributed by atoms with Crippen LogP contribution >= 0.6 is 28.3 Å². The number of ketones is 1. The molecule has 1 aliphatic heterocycles. The van der Waals surface area contributed by atoms with Crippen molar-refractivity contribution >= 4 is 45.6 Å². The van der Waals surface area contributed by atoms with Crippen LogP contribution in [-0.2, 0) is 0 Å². The maximum atomic E-state index is 12.5. The molecule has 0 fully saturated rings. The van der Waals surface area contributed by atoms with Crippen LogP contribution in [0.5, 0.6) is 5.75 Å². The smallest absolute Gasteiger partial charge is 0.192 e. The first-order valence-corrected chi connectivity index (χ1v) is 8.67. The third-order valence-corrected chi connectivity index (χ3v) is 4.81. The number of benzene rings is 1. The van der Waals surface area contributed by atoms with Crippen LogP contribution < -0.4 is 9.64 Å². The number of carbonyl (C=O) groups excluding carboxylic acids is 1. The fourth-order valence-electron chi connectivity index (χ4n) is 2.65. The minimum Gasteiger partial charge on any atom is -0.497 e. The number of anilines is 1. The van der Waals surface area contributed by atoms with Crippen LogP contribution in [0.4, 0.5) is 5.69 Å². The summed E-state index contributed by atoms with van der Waals surface area (Å²) in [6.07, 6.45) is 3.17. The molecule has 6 heteroatoms. The van der Waals surface area contributed by atoms with E-state index in [1.165, 1.54) is 11.3 Å². The van der Waals surface area contributed by atoms with Crippen LogP contribution in [0.1, 0.15) is 28.9 Å². The average molecular weight is 409 g/mol. The zero-order valence-corrected chi connectivity index (χ0v) is 16.1. The first-order valence-electron chi connectivity index (χ1n) is 7.79. The van der Waals surface area contributed by atoms with Crippen molar-refractivity contribution < 1.29 is 9.53 Å². The molecule has 24 heavy (non-hydrogen) atoms. The Hall–Kier alpha value is -1.66. The number of halogens is 1. The van der Waals surface area contributed by atoms with E-state index in [0.717, 1.165) is 48.0 Å². The first-order chi connectivity index (χ1) is 11.3. The van der Waals surface area contributed by atoms with Crippen molar-refractivity contribution in [3.05, 3.63) is 46.7 Å². The van der Waals surface area contributed by atoms with Gasteiger partial charge in [-0.2, -0.15) is 0 Å². The monoisotopic (exact) mass is 408 g/mol. The maximum absolute atomic E-state index is 12.5. The van der Waals surface area contributed by atoms with Gasteiger partial charge >= 0.3 is 0 Å². The Morgan fingerprint density at radius 1 is 1.25 bits per heavy atom. The topological polar surface area (TPSA) is 41.9 Å². The van der Waals surface area contributed by atoms with E-state index < -0.39 is 0 Å². The van der Waals surface area contributed by atoms with E-state index in [1.807, 2.05) is 46.7 Å². The van der Waals surface area contributed by atoms with Gasteiger partial charge in [0, 0.05) is 18.7 Å². The van der Waals surface area contributed by atoms with Crippen molar-refractivity contribution in [3.8, 4) is 5.75 Å². The molecule has 1 aliphatic rings. The average Bonchev–Trinajstić information content (AvgIpc) is 3.15. The summed E-state index contributed by atoms with van der Waals surface area (Å²) in [5, 5.41) is 1.93. The van der Waals surface area contributed by atoms with Gasteiger partial charge in [0.2, 0.25) is 0 Å². The molecule has 2 aromatic rings. The lowest BCUT2D eigenvalue weighted by molar-refractivity contribution is 0.101. The van der Waals surface area contributed by atoms with E-state index >= 15 is 0 Å². The molecule has 4 nitrogen and oxygen atoms in total. The van der Waals surface area contributed by atoms with Gasteiger partial charge in [0.25, 0.3) is 0 Å². The molecule has 1 aromatic heterocycles. The Balaban J connectivity index is 0.00000208. The standard InChI is InChI=1S/C18H20N2O2S.BrH/c1-22-15-9-7-14(8-10-15)20(18-6-2-3-11-19-18)13-16(21)17-5-4-12-23-17;/h4-5,7-10,12H,2-3,6,11,13H2,1H3;1H. The highest BCUT2D eigenvalue weighted by Gasteiger charge is 2.20. The minimum atomic E-state index is 0. The van der Waals surface area contributed by atoms with E-state index in [4.69, 9.17) is 4.74 Å². The summed E-state index contributed by atoms with van der Waals surface area (Å²) in [7, 11) is 1.65. The van der Waals surface area contributed by atoms with Gasteiger partial charge in [-0.3, -0.25) is 9.79 Å². The largest absolute Gasteiger partial charge is 0.497 e. The predicted molar refractivity (Wildman–Crippen MR) is 105 cm³/mol. The molecule has 2 heterocycles. The highest BCUT2D eigenvalue weighted by Crippen LogP contribution is 2.23. The van der Waals surface area contributed by atoms with Crippen molar-refractivity contribution in [2.75, 3.05) is 25.1 Å². The SMILES string of the molecule is Br.COc1ccc(N(CC(=O)c2cccs2)C2=NCCCC2)cc1. The van der Waals surface area contributed by atoms with Crippen LogP contribution in [0.15, 0.2) is 46.8 Å². The molecule has 0 aliphatic carbocycles. The van der Waals surface area contributed by atoms with E-state index in [1.54, 1.807) is 7.11 Å². The number of carbonyl (C=O) groups is 1. The Labute approximate surface area is 156 Å². The van der Waals surface area contributed by atoms with E-state index in [-0.39, 0.29) is 22.8 Å². The Morgan fingerprint density at radius 3 is 2.62 bits per heavy atom. The molecule has 1 aromatic carbocycles. The molecule has 0 saturated heterocycles. The second-order valence-corrected chi connectivity index (χ2v) is 6.39. The highest BCUT2D eigenvalue weighted by molar-refractivity contribution is 8.93. The predicted octanol–water partition coefficient (Wildman–Crippen LogP) is 4.61. The highest BCUT2D eigenvalue weighted by atomic mass is 79.9. The number of hydrogen-bond acceptors (Lipinski definition) is 5. The zero-order chi connectivity index (χ0) is 16.1. The number of rotatable bonds is 5. The van der Waals surface area contributed by atoms with Gasteiger partial charge in [-0.05, 0) is 48.6 Å². The molecule has 0 radical (unpaired) electrons. The second kappa shape index (κ2) is 8.99. The van der Waals surface area contributed by atoms with Gasteiger partial charge in [-0.1, -0.05) is 6.07 Å². The molecular weight excluding hydrogens is 388 g/mol. The lowest BCUT2D eigenvalue weighted by Crippen LogP contribution is -2.36. The van der Waals surface area contributed by atoms with Gasteiger partial charge in [0.05, 0.1) is 18.5 Å². The van der Waals surface area contributed by atoms with E-state index in [2.05, 4.69) is 4.99 Å². The number of Topliss-reactive ketones (excluding diaryl/α,β-unsaturated/α-hetero) is 1. The Morgan fingerprint density at radius 2 is 2.04 bits per heavy atom. The Bertz CT molecular complexity index is 684.